The first-order chi connectivity index (χ1) is 15.6. The predicted octanol–water partition coefficient (Wildman–Crippen LogP) is -0.754. The molecule has 14 nitrogen and oxygen atoms in total. The number of aliphatic carboxylic acids is 2. The maximum atomic E-state index is 11.4. The number of rotatable bonds is 12. The summed E-state index contributed by atoms with van der Waals surface area (Å²) >= 11 is 0. The quantitative estimate of drug-likeness (QED) is 0.188. The normalized spacial score (nSPS) is 15.4. The number of nitrogens with zero attached hydrogens (tertiary/aromatic N) is 5. The van der Waals surface area contributed by atoms with E-state index in [9.17, 15) is 18.0 Å². The largest absolute Gasteiger partial charge is 0.480 e. The molecule has 0 fully saturated rings. The Morgan fingerprint density at radius 2 is 1.41 bits per heavy atom. The molecule has 0 spiro atoms. The number of sulfonamides is 1. The van der Waals surface area contributed by atoms with E-state index >= 15 is 0 Å². The Balaban J connectivity index is 0.00000408. The van der Waals surface area contributed by atoms with Gasteiger partial charge in [0.15, 0.2) is 0 Å². The fraction of sp³-hybridized carbons (Fsp3) is 0.333. The van der Waals surface area contributed by atoms with Crippen LogP contribution in [0.3, 0.4) is 0 Å². The summed E-state index contributed by atoms with van der Waals surface area (Å²) in [5.41, 5.74) is 15.7. The minimum Gasteiger partial charge on any atom is -0.480 e. The number of primary sulfonamides is 1. The Hall–Kier alpha value is -2.71. The van der Waals surface area contributed by atoms with Crippen LogP contribution in [0.2, 0.25) is 0 Å². The van der Waals surface area contributed by atoms with Crippen LogP contribution < -0.4 is 16.0 Å². The molecule has 16 heteroatoms. The van der Waals surface area contributed by atoms with Crippen molar-refractivity contribution in [1.82, 2.24) is 25.8 Å². The first-order valence-corrected chi connectivity index (χ1v) is 11.3. The summed E-state index contributed by atoms with van der Waals surface area (Å²) in [7, 11) is -3.77. The third-order valence-corrected chi connectivity index (χ3v) is 5.53. The van der Waals surface area contributed by atoms with Gasteiger partial charge in [0.2, 0.25) is 10.0 Å². The van der Waals surface area contributed by atoms with E-state index in [2.05, 4.69) is 21.9 Å². The Kier molecular flexibility index (Phi) is 9.82. The molecule has 2 heterocycles. The van der Waals surface area contributed by atoms with Gasteiger partial charge in [-0.05, 0) is 24.1 Å². The molecular weight excluding hydrogens is 643 g/mol. The molecule has 0 aliphatic carbocycles. The second-order valence-corrected chi connectivity index (χ2v) is 8.93. The van der Waals surface area contributed by atoms with Gasteiger partial charge in [-0.25, -0.2) is 13.6 Å². The van der Waals surface area contributed by atoms with E-state index in [0.29, 0.717) is 37.4 Å². The second-order valence-electron chi connectivity index (χ2n) is 7.36. The fourth-order valence-corrected chi connectivity index (χ4v) is 3.67. The number of nitrogens with two attached hydrogens (primary N) is 1. The van der Waals surface area contributed by atoms with Gasteiger partial charge in [-0.15, -0.1) is 0 Å². The standard InChI is InChI=1S/C18H24N8O6S.Re/c19-33(31,32)16-3-1-13(2-4-16)5-6-24(7-14-9-25(22-20-14)11-17(27)28)8-15-10-26(23-21-15)12-18(29)30;/h1-4,9-10,20-21H,5-8,11-12H2,(H,27,28)(H,29,30)(H2,19,31,32);/q-2;. The summed E-state index contributed by atoms with van der Waals surface area (Å²) in [6, 6.07) is 6.27. The number of carbonyl (C=O) groups is 2. The zero-order chi connectivity index (χ0) is 24.0. The Labute approximate surface area is 210 Å². The summed E-state index contributed by atoms with van der Waals surface area (Å²) < 4.78 is 22.9. The van der Waals surface area contributed by atoms with Gasteiger partial charge in [0.1, 0.15) is 13.1 Å². The van der Waals surface area contributed by atoms with E-state index in [1.165, 1.54) is 22.2 Å². The van der Waals surface area contributed by atoms with Crippen molar-refractivity contribution in [2.24, 2.45) is 5.14 Å². The van der Waals surface area contributed by atoms with Crippen LogP contribution in [-0.4, -0.2) is 78.2 Å². The molecular formula is C18H24N8O6ReS-2. The first kappa shape index (κ1) is 27.5. The van der Waals surface area contributed by atoms with Crippen molar-refractivity contribution in [2.45, 2.75) is 11.3 Å². The van der Waals surface area contributed by atoms with Crippen LogP contribution >= 0.6 is 0 Å². The summed E-state index contributed by atoms with van der Waals surface area (Å²) in [4.78, 5) is 23.8. The van der Waals surface area contributed by atoms with E-state index in [1.54, 1.807) is 24.5 Å². The van der Waals surface area contributed by atoms with E-state index in [1.807, 2.05) is 4.90 Å². The van der Waals surface area contributed by atoms with Crippen LogP contribution in [0.5, 0.6) is 0 Å². The molecule has 3 rings (SSSR count). The van der Waals surface area contributed by atoms with Crippen molar-refractivity contribution in [2.75, 3.05) is 32.7 Å². The minimum atomic E-state index is -3.77. The average Bonchev–Trinajstić information content (AvgIpc) is 3.34. The molecule has 0 saturated heterocycles. The molecule has 0 saturated carbocycles. The summed E-state index contributed by atoms with van der Waals surface area (Å²) in [6.07, 6.45) is 3.77. The van der Waals surface area contributed by atoms with Crippen molar-refractivity contribution in [3.05, 3.63) is 64.7 Å². The molecule has 0 bridgehead atoms. The zero-order valence-corrected chi connectivity index (χ0v) is 21.4. The molecule has 6 N–H and O–H groups in total. The molecule has 0 unspecified atom stereocenters. The van der Waals surface area contributed by atoms with Crippen molar-refractivity contribution in [1.29, 1.82) is 0 Å². The van der Waals surface area contributed by atoms with Gasteiger partial charge in [0, 0.05) is 63.9 Å². The average molecular weight is 667 g/mol. The van der Waals surface area contributed by atoms with Gasteiger partial charge in [0.25, 0.3) is 0 Å². The van der Waals surface area contributed by atoms with E-state index < -0.39 is 22.0 Å². The SMILES string of the molecule is NS(=O)(=O)c1ccc(CCN(CC2=CN(CC(=O)O)[N-]N2)CC2=CN(CC(=O)O)[N-]N2)cc1.[Re]. The van der Waals surface area contributed by atoms with Gasteiger partial charge >= 0.3 is 11.9 Å². The third kappa shape index (κ3) is 8.57. The summed E-state index contributed by atoms with van der Waals surface area (Å²) in [5.74, 6) is -2.03. The Morgan fingerprint density at radius 3 is 1.82 bits per heavy atom. The number of hydrogen-bond donors (Lipinski definition) is 5. The molecule has 1 aromatic carbocycles. The Bertz CT molecular complexity index is 1010. The van der Waals surface area contributed by atoms with Gasteiger partial charge < -0.3 is 42.2 Å². The smallest absolute Gasteiger partial charge is 0.321 e. The topological polar surface area (TPSA) is 197 Å². The molecule has 187 valence electrons. The van der Waals surface area contributed by atoms with Crippen molar-refractivity contribution >= 4 is 22.0 Å². The second kappa shape index (κ2) is 12.1. The number of carboxylic acid groups (broad SMARTS) is 2. The van der Waals surface area contributed by atoms with Crippen LogP contribution in [0.25, 0.3) is 11.1 Å². The van der Waals surface area contributed by atoms with Gasteiger partial charge in [-0.1, -0.05) is 12.1 Å². The third-order valence-electron chi connectivity index (χ3n) is 4.60. The molecule has 34 heavy (non-hydrogen) atoms. The molecule has 0 amide bonds. The molecule has 1 radical (unpaired) electrons. The summed E-state index contributed by atoms with van der Waals surface area (Å²) in [5, 5.41) is 25.5. The molecule has 2 aliphatic heterocycles. The summed E-state index contributed by atoms with van der Waals surface area (Å²) in [6.45, 7) is 0.787. The molecule has 0 aromatic heterocycles. The van der Waals surface area contributed by atoms with E-state index in [-0.39, 0.29) is 38.4 Å². The number of benzene rings is 1. The van der Waals surface area contributed by atoms with Crippen molar-refractivity contribution in [3.63, 3.8) is 0 Å². The van der Waals surface area contributed by atoms with E-state index in [0.717, 1.165) is 5.56 Å². The van der Waals surface area contributed by atoms with Crippen molar-refractivity contribution < 1.29 is 48.6 Å². The molecule has 2 aliphatic rings. The monoisotopic (exact) mass is 667 g/mol. The number of carboxylic acids is 2. The predicted molar refractivity (Wildman–Crippen MR) is 116 cm³/mol. The fourth-order valence-electron chi connectivity index (χ4n) is 3.15. The zero-order valence-electron chi connectivity index (χ0n) is 17.8. The molecule has 1 aromatic rings. The van der Waals surface area contributed by atoms with Gasteiger partial charge in [0.05, 0.1) is 4.90 Å². The van der Waals surface area contributed by atoms with Crippen LogP contribution in [-0.2, 0) is 46.5 Å². The van der Waals surface area contributed by atoms with Crippen molar-refractivity contribution in [3.8, 4) is 0 Å². The minimum absolute atomic E-state index is 0. The first-order valence-electron chi connectivity index (χ1n) is 9.74. The Morgan fingerprint density at radius 1 is 0.941 bits per heavy atom. The number of hydrogen-bond acceptors (Lipinski definition) is 9. The van der Waals surface area contributed by atoms with Gasteiger partial charge in [-0.2, -0.15) is 0 Å². The van der Waals surface area contributed by atoms with Crippen LogP contribution in [0.1, 0.15) is 5.56 Å². The van der Waals surface area contributed by atoms with Crippen LogP contribution in [0, 0.1) is 0 Å². The van der Waals surface area contributed by atoms with Crippen LogP contribution in [0.4, 0.5) is 0 Å². The maximum absolute atomic E-state index is 11.4. The van der Waals surface area contributed by atoms with Crippen LogP contribution in [0.15, 0.2) is 53.0 Å². The van der Waals surface area contributed by atoms with E-state index in [4.69, 9.17) is 15.4 Å². The van der Waals surface area contributed by atoms with Gasteiger partial charge in [-0.3, -0.25) is 14.5 Å². The number of nitrogens with one attached hydrogen (secondary N) is 2. The molecule has 0 atom stereocenters. The maximum Gasteiger partial charge on any atom is 0.321 e.